The third-order valence-corrected chi connectivity index (χ3v) is 9.93. The van der Waals surface area contributed by atoms with E-state index in [1.54, 1.807) is 13.0 Å². The Kier molecular flexibility index (Phi) is 10.5. The van der Waals surface area contributed by atoms with Crippen LogP contribution in [-0.2, 0) is 14.0 Å². The van der Waals surface area contributed by atoms with Gasteiger partial charge in [-0.2, -0.15) is 0 Å². The summed E-state index contributed by atoms with van der Waals surface area (Å²) in [6.07, 6.45) is 9.30. The van der Waals surface area contributed by atoms with Crippen molar-refractivity contribution in [3.8, 4) is 12.3 Å². The number of terminal acetylenes is 1. The van der Waals surface area contributed by atoms with E-state index in [4.69, 9.17) is 15.6 Å². The number of rotatable bonds is 10. The summed E-state index contributed by atoms with van der Waals surface area (Å²) in [5, 5.41) is 10.7. The van der Waals surface area contributed by atoms with Gasteiger partial charge in [0, 0.05) is 17.9 Å². The van der Waals surface area contributed by atoms with Gasteiger partial charge in [0.2, 0.25) is 0 Å². The molecule has 0 bridgehead atoms. The normalized spacial score (nSPS) is 16.5. The van der Waals surface area contributed by atoms with E-state index in [0.29, 0.717) is 18.4 Å². The van der Waals surface area contributed by atoms with Gasteiger partial charge >= 0.3 is 5.97 Å². The zero-order chi connectivity index (χ0) is 20.5. The maximum Gasteiger partial charge on any atom is 0.333 e. The van der Waals surface area contributed by atoms with Crippen LogP contribution < -0.4 is 0 Å². The van der Waals surface area contributed by atoms with Gasteiger partial charge in [0.1, 0.15) is 0 Å². The van der Waals surface area contributed by atoms with Crippen LogP contribution in [0, 0.1) is 18.3 Å². The fourth-order valence-electron chi connectivity index (χ4n) is 2.39. The zero-order valence-corrected chi connectivity index (χ0v) is 18.9. The molecule has 0 aromatic heterocycles. The SMILES string of the molecule is C#CCCC[C@@H](O[Si](C)(C)C(C)(C)C)[C@@H](C)[C@H](O)C/C=C(\C)C(=O)OC. The van der Waals surface area contributed by atoms with Gasteiger partial charge in [0.25, 0.3) is 0 Å². The zero-order valence-electron chi connectivity index (χ0n) is 17.9. The molecule has 0 unspecified atom stereocenters. The first kappa shape index (κ1) is 24.9. The first-order valence-corrected chi connectivity index (χ1v) is 12.3. The molecule has 26 heavy (non-hydrogen) atoms. The summed E-state index contributed by atoms with van der Waals surface area (Å²) in [6.45, 7) is 14.8. The number of hydrogen-bond donors (Lipinski definition) is 1. The molecule has 0 aromatic carbocycles. The fraction of sp³-hybridized carbons (Fsp3) is 0.762. The molecule has 0 saturated heterocycles. The molecule has 0 rings (SSSR count). The number of carbonyl (C=O) groups excluding carboxylic acids is 1. The van der Waals surface area contributed by atoms with E-state index in [2.05, 4.69) is 39.8 Å². The van der Waals surface area contributed by atoms with E-state index in [0.717, 1.165) is 12.8 Å². The van der Waals surface area contributed by atoms with E-state index in [1.807, 2.05) is 6.92 Å². The van der Waals surface area contributed by atoms with Crippen molar-refractivity contribution in [2.75, 3.05) is 7.11 Å². The molecule has 0 heterocycles. The minimum absolute atomic E-state index is 0.0499. The molecule has 0 radical (unpaired) electrons. The van der Waals surface area contributed by atoms with Gasteiger partial charge in [-0.05, 0) is 44.3 Å². The topological polar surface area (TPSA) is 55.8 Å². The third kappa shape index (κ3) is 8.07. The molecule has 1 N–H and O–H groups in total. The van der Waals surface area contributed by atoms with Crippen LogP contribution in [0.2, 0.25) is 18.1 Å². The van der Waals surface area contributed by atoms with Gasteiger partial charge in [0.05, 0.1) is 19.3 Å². The van der Waals surface area contributed by atoms with Crippen molar-refractivity contribution < 1.29 is 19.1 Å². The number of esters is 1. The van der Waals surface area contributed by atoms with Crippen LogP contribution in [0.15, 0.2) is 11.6 Å². The van der Waals surface area contributed by atoms with Gasteiger partial charge in [0.15, 0.2) is 8.32 Å². The van der Waals surface area contributed by atoms with Gasteiger partial charge < -0.3 is 14.3 Å². The van der Waals surface area contributed by atoms with Crippen LogP contribution in [-0.4, -0.2) is 38.7 Å². The Bertz CT molecular complexity index is 511. The van der Waals surface area contributed by atoms with E-state index < -0.39 is 14.4 Å². The molecule has 0 aliphatic rings. The lowest BCUT2D eigenvalue weighted by atomic mass is 9.92. The minimum atomic E-state index is -1.96. The predicted octanol–water partition coefficient (Wildman–Crippen LogP) is 4.69. The van der Waals surface area contributed by atoms with E-state index >= 15 is 0 Å². The number of aliphatic hydroxyl groups is 1. The Morgan fingerprint density at radius 2 is 1.92 bits per heavy atom. The summed E-state index contributed by atoms with van der Waals surface area (Å²) >= 11 is 0. The average Bonchev–Trinajstić information content (AvgIpc) is 2.55. The summed E-state index contributed by atoms with van der Waals surface area (Å²) in [6, 6.07) is 0. The first-order chi connectivity index (χ1) is 11.9. The lowest BCUT2D eigenvalue weighted by Crippen LogP contribution is -2.47. The van der Waals surface area contributed by atoms with Crippen molar-refractivity contribution in [2.24, 2.45) is 5.92 Å². The number of unbranched alkanes of at least 4 members (excludes halogenated alkanes) is 1. The van der Waals surface area contributed by atoms with E-state index in [1.165, 1.54) is 7.11 Å². The van der Waals surface area contributed by atoms with Crippen LogP contribution in [0.5, 0.6) is 0 Å². The highest BCUT2D eigenvalue weighted by Gasteiger charge is 2.40. The van der Waals surface area contributed by atoms with Gasteiger partial charge in [-0.1, -0.05) is 33.8 Å². The lowest BCUT2D eigenvalue weighted by Gasteiger charge is -2.41. The summed E-state index contributed by atoms with van der Waals surface area (Å²) in [4.78, 5) is 11.5. The summed E-state index contributed by atoms with van der Waals surface area (Å²) in [5.41, 5.74) is 0.507. The van der Waals surface area contributed by atoms with Crippen molar-refractivity contribution in [1.82, 2.24) is 0 Å². The highest BCUT2D eigenvalue weighted by Crippen LogP contribution is 2.39. The molecule has 4 nitrogen and oxygen atoms in total. The van der Waals surface area contributed by atoms with Gasteiger partial charge in [-0.25, -0.2) is 4.79 Å². The molecule has 0 saturated carbocycles. The number of hydrogen-bond acceptors (Lipinski definition) is 4. The highest BCUT2D eigenvalue weighted by atomic mass is 28.4. The average molecular weight is 383 g/mol. The van der Waals surface area contributed by atoms with Crippen LogP contribution in [0.1, 0.15) is 60.3 Å². The summed E-state index contributed by atoms with van der Waals surface area (Å²) in [5.74, 6) is 2.26. The van der Waals surface area contributed by atoms with Crippen molar-refractivity contribution in [1.29, 1.82) is 0 Å². The molecule has 5 heteroatoms. The molecule has 3 atom stereocenters. The second-order valence-electron chi connectivity index (χ2n) is 8.55. The Labute approximate surface area is 161 Å². The highest BCUT2D eigenvalue weighted by molar-refractivity contribution is 6.74. The van der Waals surface area contributed by atoms with E-state index in [9.17, 15) is 9.90 Å². The van der Waals surface area contributed by atoms with Gasteiger partial charge in [-0.15, -0.1) is 12.3 Å². The monoisotopic (exact) mass is 382 g/mol. The smallest absolute Gasteiger partial charge is 0.333 e. The number of ether oxygens (including phenoxy) is 1. The van der Waals surface area contributed by atoms with Crippen molar-refractivity contribution >= 4 is 14.3 Å². The predicted molar refractivity (Wildman–Crippen MR) is 110 cm³/mol. The third-order valence-electron chi connectivity index (χ3n) is 5.43. The van der Waals surface area contributed by atoms with Crippen molar-refractivity contribution in [3.05, 3.63) is 11.6 Å². The number of methoxy groups -OCH3 is 1. The Balaban J connectivity index is 5.17. The number of aliphatic hydroxyl groups excluding tert-OH is 1. The molecule has 0 spiro atoms. The Morgan fingerprint density at radius 1 is 1.35 bits per heavy atom. The number of carbonyl (C=O) groups is 1. The van der Waals surface area contributed by atoms with Crippen LogP contribution in [0.3, 0.4) is 0 Å². The molecule has 0 aromatic rings. The van der Waals surface area contributed by atoms with Crippen LogP contribution in [0.4, 0.5) is 0 Å². The molecular formula is C21H38O4Si. The Morgan fingerprint density at radius 3 is 2.38 bits per heavy atom. The molecule has 150 valence electrons. The standard InChI is InChI=1S/C21H38O4Si/c1-10-11-12-13-19(25-26(8,9)21(4,5)6)17(3)18(22)15-14-16(2)20(23)24-7/h1,14,17-19,22H,11-13,15H2,2-9H3/b16-14+/t17-,18+,19+/m0/s1. The molecule has 0 aliphatic heterocycles. The summed E-state index contributed by atoms with van der Waals surface area (Å²) < 4.78 is 11.3. The minimum Gasteiger partial charge on any atom is -0.466 e. The second kappa shape index (κ2) is 10.9. The lowest BCUT2D eigenvalue weighted by molar-refractivity contribution is -0.136. The van der Waals surface area contributed by atoms with Gasteiger partial charge in [-0.3, -0.25) is 0 Å². The van der Waals surface area contributed by atoms with Crippen LogP contribution in [0.25, 0.3) is 0 Å². The largest absolute Gasteiger partial charge is 0.466 e. The van der Waals surface area contributed by atoms with Crippen molar-refractivity contribution in [2.45, 2.75) is 90.6 Å². The fourth-order valence-corrected chi connectivity index (χ4v) is 3.84. The maximum absolute atomic E-state index is 11.5. The van der Waals surface area contributed by atoms with E-state index in [-0.39, 0.29) is 23.0 Å². The first-order valence-electron chi connectivity index (χ1n) is 9.41. The Hall–Kier alpha value is -1.09. The van der Waals surface area contributed by atoms with Crippen molar-refractivity contribution in [3.63, 3.8) is 0 Å². The van der Waals surface area contributed by atoms with Crippen LogP contribution >= 0.6 is 0 Å². The quantitative estimate of drug-likeness (QED) is 0.196. The molecule has 0 amide bonds. The molecule has 0 fully saturated rings. The maximum atomic E-state index is 11.5. The molecular weight excluding hydrogens is 344 g/mol. The molecule has 0 aliphatic carbocycles. The second-order valence-corrected chi connectivity index (χ2v) is 13.3. The summed E-state index contributed by atoms with van der Waals surface area (Å²) in [7, 11) is -0.603.